The third-order valence-electron chi connectivity index (χ3n) is 4.77. The van der Waals surface area contributed by atoms with Gasteiger partial charge in [0.1, 0.15) is 4.99 Å². The van der Waals surface area contributed by atoms with Crippen LogP contribution in [0.2, 0.25) is 5.02 Å². The molecule has 1 saturated carbocycles. The number of hydrogen-bond donors (Lipinski definition) is 1. The van der Waals surface area contributed by atoms with E-state index in [0.29, 0.717) is 11.0 Å². The average Bonchev–Trinajstić information content (AvgIpc) is 2.49. The number of benzene rings is 1. The lowest BCUT2D eigenvalue weighted by Gasteiger charge is -2.34. The largest absolute Gasteiger partial charge is 0.389 e. The molecule has 0 radical (unpaired) electrons. The predicted octanol–water partition coefficient (Wildman–Crippen LogP) is 4.37. The molecule has 1 fully saturated rings. The summed E-state index contributed by atoms with van der Waals surface area (Å²) in [7, 11) is 2.20. The van der Waals surface area contributed by atoms with E-state index in [9.17, 15) is 0 Å². The lowest BCUT2D eigenvalue weighted by atomic mass is 9.84. The van der Waals surface area contributed by atoms with Crippen LogP contribution >= 0.6 is 23.8 Å². The molecule has 0 aliphatic heterocycles. The van der Waals surface area contributed by atoms with Crippen molar-refractivity contribution >= 4 is 28.8 Å². The molecule has 116 valence electrons. The second-order valence-corrected chi connectivity index (χ2v) is 7.02. The lowest BCUT2D eigenvalue weighted by Crippen LogP contribution is -2.34. The zero-order valence-electron chi connectivity index (χ0n) is 12.9. The molecule has 0 amide bonds. The molecule has 2 nitrogen and oxygen atoms in total. The first-order chi connectivity index (χ1) is 10.0. The van der Waals surface area contributed by atoms with Crippen LogP contribution in [0.1, 0.15) is 50.2 Å². The first-order valence-corrected chi connectivity index (χ1v) is 8.58. The molecular formula is C17H25ClN2S. The molecule has 4 heteroatoms. The van der Waals surface area contributed by atoms with E-state index in [2.05, 4.69) is 18.9 Å². The summed E-state index contributed by atoms with van der Waals surface area (Å²) in [4.78, 5) is 2.84. The number of thiocarbonyl (C=S) groups is 1. The van der Waals surface area contributed by atoms with E-state index in [1.54, 1.807) is 0 Å². The van der Waals surface area contributed by atoms with E-state index in [0.717, 1.165) is 28.6 Å². The highest BCUT2D eigenvalue weighted by Gasteiger charge is 2.23. The third kappa shape index (κ3) is 4.41. The molecule has 2 rings (SSSR count). The average molecular weight is 325 g/mol. The van der Waals surface area contributed by atoms with Crippen molar-refractivity contribution in [2.45, 2.75) is 51.6 Å². The molecule has 1 aliphatic carbocycles. The third-order valence-corrected chi connectivity index (χ3v) is 5.36. The Morgan fingerprint density at radius 2 is 2.00 bits per heavy atom. The standard InChI is InChI=1S/C17H25ClN2S/c1-3-12-4-8-15(9-5-12)20(2)11-14-7-6-13(17(19)21)10-16(14)18/h6-7,10,12,15H,3-5,8-9,11H2,1-2H3,(H2,19,21). The molecule has 1 aromatic rings. The van der Waals surface area contributed by atoms with Crippen molar-refractivity contribution in [2.75, 3.05) is 7.05 Å². The van der Waals surface area contributed by atoms with Gasteiger partial charge in [-0.05, 0) is 50.3 Å². The van der Waals surface area contributed by atoms with Gasteiger partial charge in [0.2, 0.25) is 0 Å². The Bertz CT molecular complexity index is 496. The summed E-state index contributed by atoms with van der Waals surface area (Å²) in [5.41, 5.74) is 7.63. The minimum Gasteiger partial charge on any atom is -0.389 e. The van der Waals surface area contributed by atoms with Gasteiger partial charge in [0.15, 0.2) is 0 Å². The van der Waals surface area contributed by atoms with Gasteiger partial charge in [-0.2, -0.15) is 0 Å². The van der Waals surface area contributed by atoms with Crippen LogP contribution in [-0.2, 0) is 6.54 Å². The molecule has 0 saturated heterocycles. The fraction of sp³-hybridized carbons (Fsp3) is 0.588. The van der Waals surface area contributed by atoms with E-state index in [1.165, 1.54) is 32.1 Å². The highest BCUT2D eigenvalue weighted by atomic mass is 35.5. The molecule has 0 bridgehead atoms. The van der Waals surface area contributed by atoms with Gasteiger partial charge in [0.05, 0.1) is 0 Å². The van der Waals surface area contributed by atoms with Crippen LogP contribution in [0.4, 0.5) is 0 Å². The smallest absolute Gasteiger partial charge is 0.104 e. The Hall–Kier alpha value is -0.640. The van der Waals surface area contributed by atoms with E-state index >= 15 is 0 Å². The normalized spacial score (nSPS) is 22.5. The van der Waals surface area contributed by atoms with Crippen LogP contribution < -0.4 is 5.73 Å². The highest BCUT2D eigenvalue weighted by Crippen LogP contribution is 2.30. The monoisotopic (exact) mass is 324 g/mol. The molecule has 0 heterocycles. The summed E-state index contributed by atoms with van der Waals surface area (Å²) in [6.07, 6.45) is 6.65. The van der Waals surface area contributed by atoms with E-state index in [1.807, 2.05) is 18.2 Å². The van der Waals surface area contributed by atoms with Crippen LogP contribution in [0.15, 0.2) is 18.2 Å². The van der Waals surface area contributed by atoms with Crippen LogP contribution in [-0.4, -0.2) is 23.0 Å². The van der Waals surface area contributed by atoms with Crippen molar-refractivity contribution in [3.63, 3.8) is 0 Å². The van der Waals surface area contributed by atoms with Gasteiger partial charge in [-0.1, -0.05) is 49.3 Å². The first kappa shape index (κ1) is 16.7. The van der Waals surface area contributed by atoms with Crippen molar-refractivity contribution in [3.05, 3.63) is 34.3 Å². The Morgan fingerprint density at radius 1 is 1.33 bits per heavy atom. The predicted molar refractivity (Wildman–Crippen MR) is 94.8 cm³/mol. The van der Waals surface area contributed by atoms with Crippen molar-refractivity contribution in [2.24, 2.45) is 11.7 Å². The minimum absolute atomic E-state index is 0.398. The Morgan fingerprint density at radius 3 is 2.52 bits per heavy atom. The highest BCUT2D eigenvalue weighted by molar-refractivity contribution is 7.80. The van der Waals surface area contributed by atoms with Gasteiger partial charge in [0, 0.05) is 23.2 Å². The Balaban J connectivity index is 1.96. The number of nitrogens with zero attached hydrogens (tertiary/aromatic N) is 1. The Labute approximate surface area is 138 Å². The number of hydrogen-bond acceptors (Lipinski definition) is 2. The summed E-state index contributed by atoms with van der Waals surface area (Å²) in [5, 5.41) is 0.759. The molecule has 0 aromatic heterocycles. The van der Waals surface area contributed by atoms with Crippen LogP contribution in [0.3, 0.4) is 0 Å². The molecule has 0 atom stereocenters. The minimum atomic E-state index is 0.398. The first-order valence-electron chi connectivity index (χ1n) is 7.79. The van der Waals surface area contributed by atoms with Crippen LogP contribution in [0, 0.1) is 5.92 Å². The quantitative estimate of drug-likeness (QED) is 0.815. The molecule has 0 unspecified atom stereocenters. The Kier molecular flexibility index (Phi) is 6.03. The van der Waals surface area contributed by atoms with Crippen LogP contribution in [0.5, 0.6) is 0 Å². The lowest BCUT2D eigenvalue weighted by molar-refractivity contribution is 0.157. The maximum atomic E-state index is 6.36. The van der Waals surface area contributed by atoms with Gasteiger partial charge in [-0.25, -0.2) is 0 Å². The SMILES string of the molecule is CCC1CCC(N(C)Cc2ccc(C(N)=S)cc2Cl)CC1. The van der Waals surface area contributed by atoms with Crippen molar-refractivity contribution in [1.29, 1.82) is 0 Å². The summed E-state index contributed by atoms with van der Waals surface area (Å²) in [6.45, 7) is 3.19. The molecule has 1 aliphatic rings. The number of nitrogens with two attached hydrogens (primary N) is 1. The maximum absolute atomic E-state index is 6.36. The molecule has 21 heavy (non-hydrogen) atoms. The zero-order chi connectivity index (χ0) is 15.4. The molecular weight excluding hydrogens is 300 g/mol. The summed E-state index contributed by atoms with van der Waals surface area (Å²) in [6, 6.07) is 6.57. The fourth-order valence-corrected chi connectivity index (χ4v) is 3.59. The van der Waals surface area contributed by atoms with E-state index in [-0.39, 0.29) is 0 Å². The van der Waals surface area contributed by atoms with Crippen molar-refractivity contribution < 1.29 is 0 Å². The zero-order valence-corrected chi connectivity index (χ0v) is 14.5. The molecule has 1 aromatic carbocycles. The number of rotatable bonds is 5. The summed E-state index contributed by atoms with van der Waals surface area (Å²) >= 11 is 11.3. The van der Waals surface area contributed by atoms with Gasteiger partial charge in [-0.15, -0.1) is 0 Å². The second-order valence-electron chi connectivity index (χ2n) is 6.17. The number of halogens is 1. The topological polar surface area (TPSA) is 29.3 Å². The van der Waals surface area contributed by atoms with Crippen molar-refractivity contribution in [3.8, 4) is 0 Å². The fourth-order valence-electron chi connectivity index (χ4n) is 3.22. The van der Waals surface area contributed by atoms with Crippen LogP contribution in [0.25, 0.3) is 0 Å². The molecule has 2 N–H and O–H groups in total. The van der Waals surface area contributed by atoms with Gasteiger partial charge < -0.3 is 5.73 Å². The van der Waals surface area contributed by atoms with E-state index < -0.39 is 0 Å². The van der Waals surface area contributed by atoms with E-state index in [4.69, 9.17) is 29.6 Å². The van der Waals surface area contributed by atoms with Gasteiger partial charge in [-0.3, -0.25) is 4.90 Å². The molecule has 0 spiro atoms. The summed E-state index contributed by atoms with van der Waals surface area (Å²) < 4.78 is 0. The van der Waals surface area contributed by atoms with Crippen molar-refractivity contribution in [1.82, 2.24) is 4.90 Å². The van der Waals surface area contributed by atoms with Gasteiger partial charge in [0.25, 0.3) is 0 Å². The van der Waals surface area contributed by atoms with Gasteiger partial charge >= 0.3 is 0 Å². The second kappa shape index (κ2) is 7.57. The maximum Gasteiger partial charge on any atom is 0.104 e. The summed E-state index contributed by atoms with van der Waals surface area (Å²) in [5.74, 6) is 0.933.